The predicted octanol–water partition coefficient (Wildman–Crippen LogP) is 3.39. The van der Waals surface area contributed by atoms with E-state index in [1.54, 1.807) is 7.11 Å². The molecule has 0 spiro atoms. The first-order valence-electron chi connectivity index (χ1n) is 6.57. The molecule has 19 heavy (non-hydrogen) atoms. The average Bonchev–Trinajstić information content (AvgIpc) is 2.89. The first kappa shape index (κ1) is 13.5. The van der Waals surface area contributed by atoms with Crippen LogP contribution in [0.3, 0.4) is 0 Å². The SMILES string of the molecule is CCn1cc(C(C)Nc2ccc(C)cc2OC)cn1. The molecule has 4 nitrogen and oxygen atoms in total. The molecule has 0 aliphatic rings. The second-order valence-corrected chi connectivity index (χ2v) is 4.70. The van der Waals surface area contributed by atoms with Gasteiger partial charge >= 0.3 is 0 Å². The molecule has 2 aromatic rings. The van der Waals surface area contributed by atoms with Crippen molar-refractivity contribution in [1.29, 1.82) is 0 Å². The molecule has 0 aliphatic heterocycles. The van der Waals surface area contributed by atoms with Gasteiger partial charge in [-0.2, -0.15) is 5.10 Å². The lowest BCUT2D eigenvalue weighted by molar-refractivity contribution is 0.416. The third-order valence-corrected chi connectivity index (χ3v) is 3.21. The summed E-state index contributed by atoms with van der Waals surface area (Å²) in [4.78, 5) is 0. The minimum absolute atomic E-state index is 0.192. The van der Waals surface area contributed by atoms with Crippen molar-refractivity contribution in [3.63, 3.8) is 0 Å². The van der Waals surface area contributed by atoms with Gasteiger partial charge in [-0.25, -0.2) is 0 Å². The van der Waals surface area contributed by atoms with Gasteiger partial charge in [-0.3, -0.25) is 4.68 Å². The van der Waals surface area contributed by atoms with Crippen molar-refractivity contribution in [2.24, 2.45) is 0 Å². The van der Waals surface area contributed by atoms with Gasteiger partial charge in [-0.05, 0) is 38.5 Å². The van der Waals surface area contributed by atoms with E-state index in [-0.39, 0.29) is 6.04 Å². The van der Waals surface area contributed by atoms with Crippen LogP contribution in [0.25, 0.3) is 0 Å². The summed E-state index contributed by atoms with van der Waals surface area (Å²) >= 11 is 0. The molecule has 1 aromatic carbocycles. The second-order valence-electron chi connectivity index (χ2n) is 4.70. The zero-order valence-corrected chi connectivity index (χ0v) is 12.0. The van der Waals surface area contributed by atoms with Crippen LogP contribution in [0.15, 0.2) is 30.6 Å². The van der Waals surface area contributed by atoms with E-state index < -0.39 is 0 Å². The highest BCUT2D eigenvalue weighted by molar-refractivity contribution is 5.58. The molecule has 102 valence electrons. The Balaban J connectivity index is 2.16. The Kier molecular flexibility index (Phi) is 4.10. The highest BCUT2D eigenvalue weighted by atomic mass is 16.5. The van der Waals surface area contributed by atoms with Crippen molar-refractivity contribution in [2.45, 2.75) is 33.4 Å². The number of anilines is 1. The molecule has 0 saturated heterocycles. The molecule has 4 heteroatoms. The molecule has 1 N–H and O–H groups in total. The summed E-state index contributed by atoms with van der Waals surface area (Å²) in [7, 11) is 1.69. The van der Waals surface area contributed by atoms with Crippen LogP contribution in [-0.2, 0) is 6.54 Å². The number of methoxy groups -OCH3 is 1. The minimum Gasteiger partial charge on any atom is -0.495 e. The summed E-state index contributed by atoms with van der Waals surface area (Å²) in [6, 6.07) is 6.35. The highest BCUT2D eigenvalue weighted by Crippen LogP contribution is 2.28. The molecule has 0 bridgehead atoms. The maximum absolute atomic E-state index is 5.41. The molecule has 0 aliphatic carbocycles. The minimum atomic E-state index is 0.192. The van der Waals surface area contributed by atoms with E-state index in [9.17, 15) is 0 Å². The van der Waals surface area contributed by atoms with Crippen LogP contribution in [0.2, 0.25) is 0 Å². The Morgan fingerprint density at radius 3 is 2.84 bits per heavy atom. The summed E-state index contributed by atoms with van der Waals surface area (Å²) in [5.41, 5.74) is 3.36. The van der Waals surface area contributed by atoms with Gasteiger partial charge in [0.1, 0.15) is 5.75 Å². The summed E-state index contributed by atoms with van der Waals surface area (Å²) < 4.78 is 7.34. The van der Waals surface area contributed by atoms with Crippen molar-refractivity contribution < 1.29 is 4.74 Å². The van der Waals surface area contributed by atoms with Gasteiger partial charge in [-0.15, -0.1) is 0 Å². The topological polar surface area (TPSA) is 39.1 Å². The summed E-state index contributed by atoms with van der Waals surface area (Å²) in [5.74, 6) is 0.870. The Bertz CT molecular complexity index is 548. The van der Waals surface area contributed by atoms with Gasteiger partial charge in [0, 0.05) is 18.3 Å². The van der Waals surface area contributed by atoms with Crippen molar-refractivity contribution >= 4 is 5.69 Å². The van der Waals surface area contributed by atoms with E-state index in [0.29, 0.717) is 0 Å². The Hall–Kier alpha value is -1.97. The van der Waals surface area contributed by atoms with Gasteiger partial charge in [0.25, 0.3) is 0 Å². The van der Waals surface area contributed by atoms with Crippen LogP contribution < -0.4 is 10.1 Å². The normalized spacial score (nSPS) is 12.2. The second kappa shape index (κ2) is 5.78. The van der Waals surface area contributed by atoms with Crippen molar-refractivity contribution in [3.05, 3.63) is 41.7 Å². The molecule has 1 heterocycles. The molecule has 0 saturated carbocycles. The Labute approximate surface area is 114 Å². The number of hydrogen-bond donors (Lipinski definition) is 1. The van der Waals surface area contributed by atoms with Gasteiger partial charge in [0.05, 0.1) is 25.0 Å². The molecule has 2 rings (SSSR count). The number of rotatable bonds is 5. The first-order chi connectivity index (χ1) is 9.13. The third-order valence-electron chi connectivity index (χ3n) is 3.21. The monoisotopic (exact) mass is 259 g/mol. The maximum atomic E-state index is 5.41. The van der Waals surface area contributed by atoms with Crippen LogP contribution in [0.4, 0.5) is 5.69 Å². The van der Waals surface area contributed by atoms with Crippen LogP contribution in [0, 0.1) is 6.92 Å². The lowest BCUT2D eigenvalue weighted by Gasteiger charge is -2.16. The fraction of sp³-hybridized carbons (Fsp3) is 0.400. The van der Waals surface area contributed by atoms with Crippen LogP contribution in [0.5, 0.6) is 5.75 Å². The van der Waals surface area contributed by atoms with Gasteiger partial charge < -0.3 is 10.1 Å². The molecule has 0 amide bonds. The van der Waals surface area contributed by atoms with Crippen LogP contribution in [0.1, 0.15) is 31.0 Å². The predicted molar refractivity (Wildman–Crippen MR) is 77.7 cm³/mol. The van der Waals surface area contributed by atoms with Crippen LogP contribution in [-0.4, -0.2) is 16.9 Å². The average molecular weight is 259 g/mol. The molecule has 0 fully saturated rings. The highest BCUT2D eigenvalue weighted by Gasteiger charge is 2.10. The van der Waals surface area contributed by atoms with Gasteiger partial charge in [0.15, 0.2) is 0 Å². The van der Waals surface area contributed by atoms with E-state index in [2.05, 4.69) is 49.5 Å². The number of aryl methyl sites for hydroxylation is 2. The van der Waals surface area contributed by atoms with E-state index in [0.717, 1.165) is 18.0 Å². The van der Waals surface area contributed by atoms with Gasteiger partial charge in [0.2, 0.25) is 0 Å². The largest absolute Gasteiger partial charge is 0.495 e. The fourth-order valence-corrected chi connectivity index (χ4v) is 2.01. The molecule has 1 atom stereocenters. The molecule has 1 aromatic heterocycles. The fourth-order valence-electron chi connectivity index (χ4n) is 2.01. The maximum Gasteiger partial charge on any atom is 0.142 e. The molecular formula is C15H21N3O. The van der Waals surface area contributed by atoms with E-state index in [1.807, 2.05) is 16.9 Å². The number of nitrogens with one attached hydrogen (secondary N) is 1. The zero-order chi connectivity index (χ0) is 13.8. The number of ether oxygens (including phenoxy) is 1. The Morgan fingerprint density at radius 2 is 2.21 bits per heavy atom. The number of nitrogens with zero attached hydrogens (tertiary/aromatic N) is 2. The first-order valence-corrected chi connectivity index (χ1v) is 6.57. The molecule has 0 radical (unpaired) electrons. The third kappa shape index (κ3) is 3.08. The lowest BCUT2D eigenvalue weighted by atomic mass is 10.1. The summed E-state index contributed by atoms with van der Waals surface area (Å²) in [6.07, 6.45) is 3.97. The summed E-state index contributed by atoms with van der Waals surface area (Å²) in [6.45, 7) is 7.15. The summed E-state index contributed by atoms with van der Waals surface area (Å²) in [5, 5.41) is 7.76. The lowest BCUT2D eigenvalue weighted by Crippen LogP contribution is -2.07. The van der Waals surface area contributed by atoms with Crippen LogP contribution >= 0.6 is 0 Å². The quantitative estimate of drug-likeness (QED) is 0.894. The molecular weight excluding hydrogens is 238 g/mol. The Morgan fingerprint density at radius 1 is 1.42 bits per heavy atom. The van der Waals surface area contributed by atoms with Crippen molar-refractivity contribution in [3.8, 4) is 5.75 Å². The zero-order valence-electron chi connectivity index (χ0n) is 12.0. The standard InChI is InChI=1S/C15H21N3O/c1-5-18-10-13(9-16-18)12(3)17-14-7-6-11(2)8-15(14)19-4/h6-10,12,17H,5H2,1-4H3. The number of hydrogen-bond acceptors (Lipinski definition) is 3. The molecule has 1 unspecified atom stereocenters. The van der Waals surface area contributed by atoms with E-state index in [1.165, 1.54) is 11.1 Å². The van der Waals surface area contributed by atoms with Crippen molar-refractivity contribution in [1.82, 2.24) is 9.78 Å². The van der Waals surface area contributed by atoms with E-state index in [4.69, 9.17) is 4.74 Å². The number of aromatic nitrogens is 2. The smallest absolute Gasteiger partial charge is 0.142 e. The van der Waals surface area contributed by atoms with Gasteiger partial charge in [-0.1, -0.05) is 6.07 Å². The van der Waals surface area contributed by atoms with Crippen molar-refractivity contribution in [2.75, 3.05) is 12.4 Å². The van der Waals surface area contributed by atoms with E-state index >= 15 is 0 Å². The number of benzene rings is 1.